The zero-order valence-corrected chi connectivity index (χ0v) is 12.3. The van der Waals surface area contributed by atoms with Crippen LogP contribution in [0.25, 0.3) is 0 Å². The minimum Gasteiger partial charge on any atom is -0.497 e. The Labute approximate surface area is 124 Å². The Balaban J connectivity index is 1.41. The minimum atomic E-state index is 0.601. The van der Waals surface area contributed by atoms with E-state index in [1.54, 1.807) is 7.11 Å². The van der Waals surface area contributed by atoms with Gasteiger partial charge in [-0.15, -0.1) is 0 Å². The van der Waals surface area contributed by atoms with Crippen LogP contribution in [0.5, 0.6) is 11.5 Å². The Bertz CT molecular complexity index is 561. The van der Waals surface area contributed by atoms with Gasteiger partial charge in [-0.05, 0) is 37.1 Å². The van der Waals surface area contributed by atoms with Crippen molar-refractivity contribution in [2.75, 3.05) is 13.7 Å². The van der Waals surface area contributed by atoms with Gasteiger partial charge >= 0.3 is 0 Å². The summed E-state index contributed by atoms with van der Waals surface area (Å²) in [5.74, 6) is 1.68. The molecular weight excluding hydrogens is 266 g/mol. The molecule has 0 spiro atoms. The summed E-state index contributed by atoms with van der Waals surface area (Å²) in [5.41, 5.74) is 1.23. The van der Waals surface area contributed by atoms with Crippen LogP contribution in [-0.2, 0) is 13.1 Å². The van der Waals surface area contributed by atoms with Gasteiger partial charge in [-0.25, -0.2) is 0 Å². The number of nitrogens with zero attached hydrogens (tertiary/aromatic N) is 2. The summed E-state index contributed by atoms with van der Waals surface area (Å²) < 4.78 is 12.7. The lowest BCUT2D eigenvalue weighted by Gasteiger charge is -2.07. The second-order valence-corrected chi connectivity index (χ2v) is 5.29. The molecule has 0 bridgehead atoms. The second-order valence-electron chi connectivity index (χ2n) is 5.29. The Morgan fingerprint density at radius 2 is 2.00 bits per heavy atom. The van der Waals surface area contributed by atoms with E-state index in [4.69, 9.17) is 9.47 Å². The van der Waals surface area contributed by atoms with E-state index in [0.29, 0.717) is 6.61 Å². The van der Waals surface area contributed by atoms with Crippen molar-refractivity contribution in [3.05, 3.63) is 42.2 Å². The Hall–Kier alpha value is -2.01. The van der Waals surface area contributed by atoms with E-state index < -0.39 is 0 Å². The second kappa shape index (κ2) is 6.63. The predicted octanol–water partition coefficient (Wildman–Crippen LogP) is 2.22. The van der Waals surface area contributed by atoms with E-state index in [1.807, 2.05) is 35.1 Å². The molecule has 112 valence electrons. The third kappa shape index (κ3) is 4.23. The number of hydrogen-bond acceptors (Lipinski definition) is 4. The number of nitrogens with one attached hydrogen (secondary N) is 1. The van der Waals surface area contributed by atoms with Crippen LogP contribution in [0.15, 0.2) is 36.7 Å². The molecule has 5 heteroatoms. The van der Waals surface area contributed by atoms with Crippen molar-refractivity contribution >= 4 is 0 Å². The van der Waals surface area contributed by atoms with Crippen LogP contribution in [-0.4, -0.2) is 29.5 Å². The summed E-state index contributed by atoms with van der Waals surface area (Å²) in [4.78, 5) is 0. The van der Waals surface area contributed by atoms with Gasteiger partial charge in [0.15, 0.2) is 0 Å². The van der Waals surface area contributed by atoms with E-state index in [0.717, 1.165) is 30.6 Å². The van der Waals surface area contributed by atoms with Crippen LogP contribution in [0.4, 0.5) is 0 Å². The summed E-state index contributed by atoms with van der Waals surface area (Å²) in [7, 11) is 1.66. The van der Waals surface area contributed by atoms with Gasteiger partial charge in [0.2, 0.25) is 0 Å². The molecule has 0 saturated heterocycles. The molecule has 1 aliphatic carbocycles. The molecule has 0 radical (unpaired) electrons. The lowest BCUT2D eigenvalue weighted by molar-refractivity contribution is 0.290. The highest BCUT2D eigenvalue weighted by atomic mass is 16.5. The molecular formula is C16H21N3O2. The summed E-state index contributed by atoms with van der Waals surface area (Å²) in [6.45, 7) is 2.25. The summed E-state index contributed by atoms with van der Waals surface area (Å²) >= 11 is 0. The number of aromatic nitrogens is 2. The number of rotatable bonds is 8. The molecule has 1 fully saturated rings. The van der Waals surface area contributed by atoms with Gasteiger partial charge in [0.1, 0.15) is 18.1 Å². The minimum absolute atomic E-state index is 0.601. The fourth-order valence-electron chi connectivity index (χ4n) is 2.10. The van der Waals surface area contributed by atoms with Crippen molar-refractivity contribution in [1.29, 1.82) is 0 Å². The predicted molar refractivity (Wildman–Crippen MR) is 80.6 cm³/mol. The van der Waals surface area contributed by atoms with Crippen LogP contribution in [0, 0.1) is 0 Å². The summed E-state index contributed by atoms with van der Waals surface area (Å²) in [6, 6.07) is 8.34. The van der Waals surface area contributed by atoms with Crippen molar-refractivity contribution in [2.45, 2.75) is 32.0 Å². The first kappa shape index (κ1) is 13.9. The zero-order chi connectivity index (χ0) is 14.5. The first-order valence-corrected chi connectivity index (χ1v) is 7.35. The van der Waals surface area contributed by atoms with Gasteiger partial charge in [-0.2, -0.15) is 5.10 Å². The number of benzene rings is 1. The maximum absolute atomic E-state index is 5.69. The van der Waals surface area contributed by atoms with Crippen LogP contribution in [0.2, 0.25) is 0 Å². The average Bonchev–Trinajstić information content (AvgIpc) is 3.25. The highest BCUT2D eigenvalue weighted by Crippen LogP contribution is 2.19. The Morgan fingerprint density at radius 1 is 1.24 bits per heavy atom. The normalized spacial score (nSPS) is 14.1. The molecule has 3 rings (SSSR count). The van der Waals surface area contributed by atoms with Gasteiger partial charge in [-0.3, -0.25) is 4.68 Å². The molecule has 1 aromatic carbocycles. The fourth-order valence-corrected chi connectivity index (χ4v) is 2.10. The molecule has 1 aromatic heterocycles. The molecule has 2 aromatic rings. The van der Waals surface area contributed by atoms with Crippen molar-refractivity contribution in [3.8, 4) is 11.5 Å². The SMILES string of the molecule is COc1ccc(OCCn2cc(CNC3CC3)cn2)cc1. The molecule has 5 nitrogen and oxygen atoms in total. The van der Waals surface area contributed by atoms with Crippen LogP contribution in [0.1, 0.15) is 18.4 Å². The first-order chi connectivity index (χ1) is 10.3. The van der Waals surface area contributed by atoms with Gasteiger partial charge in [-0.1, -0.05) is 0 Å². The first-order valence-electron chi connectivity index (χ1n) is 7.35. The van der Waals surface area contributed by atoms with Crippen LogP contribution in [0.3, 0.4) is 0 Å². The van der Waals surface area contributed by atoms with Crippen LogP contribution < -0.4 is 14.8 Å². The molecule has 0 atom stereocenters. The number of methoxy groups -OCH3 is 1. The van der Waals surface area contributed by atoms with E-state index in [9.17, 15) is 0 Å². The molecule has 0 amide bonds. The van der Waals surface area contributed by atoms with Crippen molar-refractivity contribution in [2.24, 2.45) is 0 Å². The third-order valence-corrected chi connectivity index (χ3v) is 3.51. The Morgan fingerprint density at radius 3 is 2.71 bits per heavy atom. The molecule has 1 heterocycles. The third-order valence-electron chi connectivity index (χ3n) is 3.51. The smallest absolute Gasteiger partial charge is 0.119 e. The van der Waals surface area contributed by atoms with Crippen molar-refractivity contribution in [1.82, 2.24) is 15.1 Å². The van der Waals surface area contributed by atoms with E-state index in [1.165, 1.54) is 18.4 Å². The monoisotopic (exact) mass is 287 g/mol. The lowest BCUT2D eigenvalue weighted by atomic mass is 10.3. The van der Waals surface area contributed by atoms with Gasteiger partial charge < -0.3 is 14.8 Å². The van der Waals surface area contributed by atoms with Gasteiger partial charge in [0.05, 0.1) is 19.9 Å². The Kier molecular flexibility index (Phi) is 4.40. The topological polar surface area (TPSA) is 48.3 Å². The van der Waals surface area contributed by atoms with E-state index in [-0.39, 0.29) is 0 Å². The van der Waals surface area contributed by atoms with Gasteiger partial charge in [0.25, 0.3) is 0 Å². The molecule has 0 aliphatic heterocycles. The fraction of sp³-hybridized carbons (Fsp3) is 0.438. The van der Waals surface area contributed by atoms with E-state index >= 15 is 0 Å². The highest BCUT2D eigenvalue weighted by Gasteiger charge is 2.20. The molecule has 1 aliphatic rings. The lowest BCUT2D eigenvalue weighted by Crippen LogP contribution is -2.14. The molecule has 0 unspecified atom stereocenters. The van der Waals surface area contributed by atoms with Crippen molar-refractivity contribution in [3.63, 3.8) is 0 Å². The van der Waals surface area contributed by atoms with Gasteiger partial charge in [0, 0.05) is 24.3 Å². The maximum atomic E-state index is 5.69. The summed E-state index contributed by atoms with van der Waals surface area (Å²) in [5, 5.41) is 7.83. The molecule has 21 heavy (non-hydrogen) atoms. The average molecular weight is 287 g/mol. The standard InChI is InChI=1S/C16H21N3O2/c1-20-15-4-6-16(7-5-15)21-9-8-19-12-13(11-18-19)10-17-14-2-3-14/h4-7,11-12,14,17H,2-3,8-10H2,1H3. The zero-order valence-electron chi connectivity index (χ0n) is 12.3. The molecule has 1 N–H and O–H groups in total. The number of hydrogen-bond donors (Lipinski definition) is 1. The molecule has 1 saturated carbocycles. The van der Waals surface area contributed by atoms with Crippen molar-refractivity contribution < 1.29 is 9.47 Å². The highest BCUT2D eigenvalue weighted by molar-refractivity contribution is 5.31. The summed E-state index contributed by atoms with van der Waals surface area (Å²) in [6.07, 6.45) is 6.61. The maximum Gasteiger partial charge on any atom is 0.119 e. The van der Waals surface area contributed by atoms with E-state index in [2.05, 4.69) is 16.6 Å². The number of ether oxygens (including phenoxy) is 2. The quantitative estimate of drug-likeness (QED) is 0.809. The largest absolute Gasteiger partial charge is 0.497 e. The van der Waals surface area contributed by atoms with Crippen LogP contribution >= 0.6 is 0 Å².